The number of rotatable bonds is 4. The number of fused-ring (bicyclic) bond motifs is 3. The molecule has 6 heteroatoms. The molecular weight excluding hydrogens is 653 g/mol. The van der Waals surface area contributed by atoms with Crippen LogP contribution in [0.4, 0.5) is 0 Å². The maximum Gasteiger partial charge on any atom is 0.217 e. The van der Waals surface area contributed by atoms with Gasteiger partial charge in [-0.1, -0.05) is 69.3 Å². The normalized spacial score (nSPS) is 11.4. The molecule has 0 atom stereocenters. The van der Waals surface area contributed by atoms with Gasteiger partial charge in [0, 0.05) is 49.9 Å². The van der Waals surface area contributed by atoms with Crippen molar-refractivity contribution < 1.29 is 30.9 Å². The van der Waals surface area contributed by atoms with Crippen LogP contribution in [0, 0.1) is 6.07 Å². The Hall–Kier alpha value is -3.95. The second kappa shape index (κ2) is 10.1. The summed E-state index contributed by atoms with van der Waals surface area (Å²) in [4.78, 5) is 9.43. The van der Waals surface area contributed by atoms with E-state index in [0.29, 0.717) is 17.3 Å². The maximum absolute atomic E-state index is 10.7. The summed E-state index contributed by atoms with van der Waals surface area (Å²) in [5.74, 6) is 1.30. The van der Waals surface area contributed by atoms with Crippen LogP contribution >= 0.6 is 0 Å². The molecule has 0 aliphatic rings. The molecule has 0 aliphatic carbocycles. The first-order valence-corrected chi connectivity index (χ1v) is 12.2. The van der Waals surface area contributed by atoms with E-state index in [0.717, 1.165) is 38.8 Å². The van der Waals surface area contributed by atoms with E-state index in [4.69, 9.17) is 9.72 Å². The number of phenols is 1. The molecular formula is C32H26N3O2Pt-. The fourth-order valence-electron chi connectivity index (χ4n) is 4.59. The van der Waals surface area contributed by atoms with Gasteiger partial charge in [0.2, 0.25) is 5.88 Å². The Morgan fingerprint density at radius 3 is 2.45 bits per heavy atom. The molecule has 6 rings (SSSR count). The predicted molar refractivity (Wildman–Crippen MR) is 148 cm³/mol. The third kappa shape index (κ3) is 4.70. The van der Waals surface area contributed by atoms with Gasteiger partial charge in [0.1, 0.15) is 11.4 Å². The van der Waals surface area contributed by atoms with Crippen molar-refractivity contribution in [2.75, 3.05) is 0 Å². The maximum atomic E-state index is 10.7. The molecule has 3 heterocycles. The quantitative estimate of drug-likeness (QED) is 0.193. The summed E-state index contributed by atoms with van der Waals surface area (Å²) >= 11 is 0. The van der Waals surface area contributed by atoms with Crippen LogP contribution in [0.15, 0.2) is 97.2 Å². The van der Waals surface area contributed by atoms with Gasteiger partial charge in [-0.05, 0) is 40.9 Å². The fraction of sp³-hybridized carbons (Fsp3) is 0.125. The number of benzene rings is 3. The van der Waals surface area contributed by atoms with Crippen molar-refractivity contribution >= 4 is 21.9 Å². The summed E-state index contributed by atoms with van der Waals surface area (Å²) < 4.78 is 8.09. The summed E-state index contributed by atoms with van der Waals surface area (Å²) in [5, 5.41) is 12.7. The number of hydrogen-bond acceptors (Lipinski definition) is 4. The summed E-state index contributed by atoms with van der Waals surface area (Å²) in [7, 11) is 0. The molecule has 3 aromatic heterocycles. The van der Waals surface area contributed by atoms with Crippen molar-refractivity contribution in [3.05, 3.63) is 109 Å². The summed E-state index contributed by atoms with van der Waals surface area (Å²) in [6.07, 6.45) is 1.77. The Kier molecular flexibility index (Phi) is 6.81. The molecule has 1 N–H and O–H groups in total. The molecule has 0 unspecified atom stereocenters. The van der Waals surface area contributed by atoms with Gasteiger partial charge in [-0.15, -0.1) is 23.8 Å². The first-order chi connectivity index (χ1) is 17.9. The Labute approximate surface area is 236 Å². The van der Waals surface area contributed by atoms with E-state index in [1.807, 2.05) is 77.4 Å². The van der Waals surface area contributed by atoms with Crippen molar-refractivity contribution in [1.82, 2.24) is 14.5 Å². The molecule has 0 spiro atoms. The number of phenolic OH excluding ortho intramolecular Hbond substituents is 1. The average Bonchev–Trinajstić information content (AvgIpc) is 3.22. The topological polar surface area (TPSA) is 60.2 Å². The van der Waals surface area contributed by atoms with Crippen LogP contribution < -0.4 is 4.74 Å². The summed E-state index contributed by atoms with van der Waals surface area (Å²) in [5.41, 5.74) is 5.14. The van der Waals surface area contributed by atoms with Gasteiger partial charge < -0.3 is 9.84 Å². The smallest absolute Gasteiger partial charge is 0.217 e. The van der Waals surface area contributed by atoms with Gasteiger partial charge in [-0.2, -0.15) is 0 Å². The third-order valence-electron chi connectivity index (χ3n) is 6.50. The van der Waals surface area contributed by atoms with E-state index < -0.39 is 0 Å². The minimum Gasteiger partial charge on any atom is -0.506 e. The number of nitrogens with zero attached hydrogens (tertiary/aromatic N) is 3. The van der Waals surface area contributed by atoms with Gasteiger partial charge in [0.25, 0.3) is 0 Å². The van der Waals surface area contributed by atoms with Gasteiger partial charge in [0.05, 0.1) is 11.2 Å². The number of para-hydroxylation sites is 3. The molecule has 5 nitrogen and oxygen atoms in total. The monoisotopic (exact) mass is 679 g/mol. The van der Waals surface area contributed by atoms with Crippen LogP contribution in [0.1, 0.15) is 26.3 Å². The predicted octanol–water partition coefficient (Wildman–Crippen LogP) is 7.83. The standard InChI is InChI=1S/C32H26N3O2.Pt/c1-32(2,3)22-17-18-33-30(20-22)37-23-10-8-9-21(19-23)26-16-15-25-24-11-4-5-12-27(24)35(31(25)34-26)28-13-6-7-14-29(28)36;/h4-18,20,36H,1-3H3;/q-1;. The Morgan fingerprint density at radius 2 is 1.63 bits per heavy atom. The summed E-state index contributed by atoms with van der Waals surface area (Å²) in [6.45, 7) is 6.49. The van der Waals surface area contributed by atoms with E-state index in [1.54, 1.807) is 12.3 Å². The third-order valence-corrected chi connectivity index (χ3v) is 6.50. The number of pyridine rings is 2. The average molecular weight is 680 g/mol. The second-order valence-corrected chi connectivity index (χ2v) is 10.1. The van der Waals surface area contributed by atoms with Gasteiger partial charge in [-0.25, -0.2) is 4.98 Å². The molecule has 0 saturated heterocycles. The van der Waals surface area contributed by atoms with Crippen molar-refractivity contribution in [2.45, 2.75) is 26.2 Å². The first kappa shape index (κ1) is 25.7. The number of ether oxygens (including phenoxy) is 1. The van der Waals surface area contributed by atoms with Crippen molar-refractivity contribution in [1.29, 1.82) is 0 Å². The molecule has 0 saturated carbocycles. The largest absolute Gasteiger partial charge is 0.506 e. The molecule has 192 valence electrons. The SMILES string of the molecule is CC(C)(C)c1ccnc(Oc2[c-]c(-c3ccc4c5ccccc5n(-c5ccccc5O)c4n3)ccc2)c1.[Pt]. The minimum atomic E-state index is -0.00239. The van der Waals surface area contributed by atoms with E-state index in [1.165, 1.54) is 0 Å². The van der Waals surface area contributed by atoms with Crippen molar-refractivity contribution in [3.63, 3.8) is 0 Å². The summed E-state index contributed by atoms with van der Waals surface area (Å²) in [6, 6.07) is 32.6. The van der Waals surface area contributed by atoms with Crippen LogP contribution in [0.3, 0.4) is 0 Å². The Bertz CT molecular complexity index is 1770. The van der Waals surface area contributed by atoms with E-state index in [2.05, 4.69) is 44.0 Å². The zero-order chi connectivity index (χ0) is 25.6. The van der Waals surface area contributed by atoms with Crippen molar-refractivity contribution in [2.24, 2.45) is 0 Å². The van der Waals surface area contributed by atoms with E-state index in [-0.39, 0.29) is 32.2 Å². The zero-order valence-corrected chi connectivity index (χ0v) is 23.5. The molecule has 0 aliphatic heterocycles. The van der Waals surface area contributed by atoms with Crippen LogP contribution in [0.25, 0.3) is 38.9 Å². The molecule has 0 radical (unpaired) electrons. The number of aromatic nitrogens is 3. The van der Waals surface area contributed by atoms with Crippen LogP contribution in [0.2, 0.25) is 0 Å². The second-order valence-electron chi connectivity index (χ2n) is 10.1. The Morgan fingerprint density at radius 1 is 0.842 bits per heavy atom. The zero-order valence-electron chi connectivity index (χ0n) is 21.3. The van der Waals surface area contributed by atoms with Crippen LogP contribution in [0.5, 0.6) is 17.4 Å². The van der Waals surface area contributed by atoms with Gasteiger partial charge in [-0.3, -0.25) is 9.55 Å². The molecule has 38 heavy (non-hydrogen) atoms. The molecule has 3 aromatic carbocycles. The fourth-order valence-corrected chi connectivity index (χ4v) is 4.59. The van der Waals surface area contributed by atoms with Gasteiger partial charge >= 0.3 is 0 Å². The van der Waals surface area contributed by atoms with Crippen molar-refractivity contribution in [3.8, 4) is 34.3 Å². The van der Waals surface area contributed by atoms with Gasteiger partial charge in [0.15, 0.2) is 0 Å². The number of aromatic hydroxyl groups is 1. The van der Waals surface area contributed by atoms with E-state index in [9.17, 15) is 5.11 Å². The molecule has 0 amide bonds. The van der Waals surface area contributed by atoms with Crippen LogP contribution in [-0.2, 0) is 26.5 Å². The molecule has 0 fully saturated rings. The molecule has 0 bridgehead atoms. The number of hydrogen-bond donors (Lipinski definition) is 1. The van der Waals surface area contributed by atoms with Crippen LogP contribution in [-0.4, -0.2) is 19.6 Å². The first-order valence-electron chi connectivity index (χ1n) is 12.2. The molecule has 6 aromatic rings. The Balaban J connectivity index is 0.00000294. The minimum absolute atomic E-state index is 0. The van der Waals surface area contributed by atoms with E-state index >= 15 is 0 Å².